The van der Waals surface area contributed by atoms with E-state index in [9.17, 15) is 9.18 Å². The number of nitrogens with one attached hydrogen (secondary N) is 1. The maximum atomic E-state index is 14.8. The van der Waals surface area contributed by atoms with Crippen molar-refractivity contribution in [3.63, 3.8) is 0 Å². The molecule has 1 amide bonds. The third kappa shape index (κ3) is 4.31. The van der Waals surface area contributed by atoms with Gasteiger partial charge in [-0.3, -0.25) is 4.79 Å². The van der Waals surface area contributed by atoms with E-state index in [0.29, 0.717) is 17.9 Å². The maximum Gasteiger partial charge on any atom is 0.223 e. The van der Waals surface area contributed by atoms with Crippen LogP contribution in [-0.4, -0.2) is 24.8 Å². The van der Waals surface area contributed by atoms with Crippen LogP contribution >= 0.6 is 0 Å². The predicted molar refractivity (Wildman–Crippen MR) is 116 cm³/mol. The second kappa shape index (κ2) is 8.59. The largest absolute Gasteiger partial charge is 0.378 e. The van der Waals surface area contributed by atoms with Crippen molar-refractivity contribution in [2.45, 2.75) is 18.9 Å². The van der Waals surface area contributed by atoms with Gasteiger partial charge in [0.25, 0.3) is 0 Å². The minimum atomic E-state index is -0.956. The first-order chi connectivity index (χ1) is 14.5. The highest BCUT2D eigenvalue weighted by molar-refractivity contribution is 6.13. The van der Waals surface area contributed by atoms with E-state index in [4.69, 9.17) is 9.73 Å². The Morgan fingerprint density at radius 1 is 1.00 bits per heavy atom. The molecule has 0 unspecified atom stereocenters. The lowest BCUT2D eigenvalue weighted by Gasteiger charge is -2.29. The second-order valence-electron chi connectivity index (χ2n) is 7.54. The van der Waals surface area contributed by atoms with E-state index in [1.165, 1.54) is 6.07 Å². The molecule has 0 aromatic heterocycles. The van der Waals surface area contributed by atoms with Crippen LogP contribution in [0.1, 0.15) is 30.0 Å². The number of carbonyl (C=O) groups is 1. The average Bonchev–Trinajstić information content (AvgIpc) is 2.95. The standard InChI is InChI=1S/C25H23FN2O2/c1-25(17-30-15-14-23(29)28-25)21-16-20(12-13-22(21)26)27-24(18-8-4-2-5-9-18)19-10-6-3-7-11-19/h2-13,16H,14-15,17H2,1H3,(H,28,29)/t25-/m0/s1. The van der Waals surface area contributed by atoms with Crippen molar-refractivity contribution in [1.29, 1.82) is 0 Å². The number of amides is 1. The molecule has 1 aliphatic heterocycles. The molecule has 0 aliphatic carbocycles. The molecule has 1 aliphatic rings. The zero-order valence-corrected chi connectivity index (χ0v) is 16.8. The van der Waals surface area contributed by atoms with Crippen LogP contribution in [0.15, 0.2) is 83.9 Å². The Morgan fingerprint density at radius 2 is 1.63 bits per heavy atom. The monoisotopic (exact) mass is 402 g/mol. The number of ether oxygens (including phenoxy) is 1. The van der Waals surface area contributed by atoms with Gasteiger partial charge in [-0.1, -0.05) is 60.7 Å². The fourth-order valence-corrected chi connectivity index (χ4v) is 3.62. The van der Waals surface area contributed by atoms with Gasteiger partial charge in [-0.15, -0.1) is 0 Å². The molecule has 152 valence electrons. The van der Waals surface area contributed by atoms with Crippen molar-refractivity contribution in [3.8, 4) is 0 Å². The quantitative estimate of drug-likeness (QED) is 0.641. The third-order valence-corrected chi connectivity index (χ3v) is 5.16. The van der Waals surface area contributed by atoms with E-state index in [2.05, 4.69) is 5.32 Å². The van der Waals surface area contributed by atoms with Crippen molar-refractivity contribution < 1.29 is 13.9 Å². The molecule has 1 fully saturated rings. The summed E-state index contributed by atoms with van der Waals surface area (Å²) >= 11 is 0. The van der Waals surface area contributed by atoms with Gasteiger partial charge in [0.2, 0.25) is 5.91 Å². The Labute approximate surface area is 175 Å². The van der Waals surface area contributed by atoms with E-state index in [0.717, 1.165) is 16.8 Å². The van der Waals surface area contributed by atoms with Crippen LogP contribution in [0.25, 0.3) is 0 Å². The minimum Gasteiger partial charge on any atom is -0.378 e. The topological polar surface area (TPSA) is 50.7 Å². The molecule has 5 heteroatoms. The van der Waals surface area contributed by atoms with E-state index < -0.39 is 11.4 Å². The molecule has 4 nitrogen and oxygen atoms in total. The Balaban J connectivity index is 1.80. The molecular formula is C25H23FN2O2. The van der Waals surface area contributed by atoms with Gasteiger partial charge in [-0.25, -0.2) is 9.38 Å². The molecule has 4 rings (SSSR count). The van der Waals surface area contributed by atoms with E-state index in [1.54, 1.807) is 19.1 Å². The molecule has 0 spiro atoms. The number of nitrogens with zero attached hydrogens (tertiary/aromatic N) is 1. The van der Waals surface area contributed by atoms with Gasteiger partial charge >= 0.3 is 0 Å². The lowest BCUT2D eigenvalue weighted by molar-refractivity contribution is -0.122. The first-order valence-corrected chi connectivity index (χ1v) is 9.93. The normalized spacial score (nSPS) is 18.9. The number of hydrogen-bond acceptors (Lipinski definition) is 3. The van der Waals surface area contributed by atoms with Crippen LogP contribution in [-0.2, 0) is 15.1 Å². The summed E-state index contributed by atoms with van der Waals surface area (Å²) in [6.07, 6.45) is 0.265. The van der Waals surface area contributed by atoms with Crippen molar-refractivity contribution in [2.24, 2.45) is 4.99 Å². The zero-order valence-electron chi connectivity index (χ0n) is 16.8. The highest BCUT2D eigenvalue weighted by Crippen LogP contribution is 2.30. The molecule has 1 heterocycles. The molecule has 1 saturated heterocycles. The summed E-state index contributed by atoms with van der Waals surface area (Å²) in [6.45, 7) is 2.30. The first kappa shape index (κ1) is 20.0. The molecule has 30 heavy (non-hydrogen) atoms. The minimum absolute atomic E-state index is 0.155. The van der Waals surface area contributed by atoms with Crippen LogP contribution < -0.4 is 5.32 Å². The summed E-state index contributed by atoms with van der Waals surface area (Å²) < 4.78 is 20.4. The van der Waals surface area contributed by atoms with Crippen LogP contribution in [0.3, 0.4) is 0 Å². The molecular weight excluding hydrogens is 379 g/mol. The van der Waals surface area contributed by atoms with Gasteiger partial charge in [0.1, 0.15) is 5.82 Å². The SMILES string of the molecule is C[C@@]1(c2cc(N=C(c3ccccc3)c3ccccc3)ccc2F)COCCC(=O)N1. The van der Waals surface area contributed by atoms with Gasteiger partial charge in [0.05, 0.1) is 30.2 Å². The average molecular weight is 402 g/mol. The number of halogens is 1. The number of rotatable bonds is 4. The van der Waals surface area contributed by atoms with Gasteiger partial charge < -0.3 is 10.1 Å². The van der Waals surface area contributed by atoms with Crippen molar-refractivity contribution in [2.75, 3.05) is 13.2 Å². The molecule has 3 aromatic rings. The summed E-state index contributed by atoms with van der Waals surface area (Å²) in [5, 5.41) is 2.90. The lowest BCUT2D eigenvalue weighted by Crippen LogP contribution is -2.45. The fraction of sp³-hybridized carbons (Fsp3) is 0.200. The third-order valence-electron chi connectivity index (χ3n) is 5.16. The summed E-state index contributed by atoms with van der Waals surface area (Å²) in [7, 11) is 0. The highest BCUT2D eigenvalue weighted by atomic mass is 19.1. The molecule has 1 N–H and O–H groups in total. The number of aliphatic imine (C=N–C) groups is 1. The van der Waals surface area contributed by atoms with Gasteiger partial charge in [-0.2, -0.15) is 0 Å². The number of hydrogen-bond donors (Lipinski definition) is 1. The van der Waals surface area contributed by atoms with Gasteiger partial charge in [0.15, 0.2) is 0 Å². The predicted octanol–water partition coefficient (Wildman–Crippen LogP) is 4.75. The fourth-order valence-electron chi connectivity index (χ4n) is 3.62. The second-order valence-corrected chi connectivity index (χ2v) is 7.54. The van der Waals surface area contributed by atoms with Crippen molar-refractivity contribution >= 4 is 17.3 Å². The van der Waals surface area contributed by atoms with Crippen molar-refractivity contribution in [3.05, 3.63) is 101 Å². The summed E-state index contributed by atoms with van der Waals surface area (Å²) in [5.41, 5.74) is 2.73. The number of benzene rings is 3. The van der Waals surface area contributed by atoms with Gasteiger partial charge in [-0.05, 0) is 25.1 Å². The summed E-state index contributed by atoms with van der Waals surface area (Å²) in [4.78, 5) is 16.9. The summed E-state index contributed by atoms with van der Waals surface area (Å²) in [5.74, 6) is -0.555. The van der Waals surface area contributed by atoms with E-state index >= 15 is 0 Å². The van der Waals surface area contributed by atoms with Crippen LogP contribution in [0, 0.1) is 5.82 Å². The first-order valence-electron chi connectivity index (χ1n) is 9.93. The molecule has 0 saturated carbocycles. The lowest BCUT2D eigenvalue weighted by atomic mass is 9.91. The van der Waals surface area contributed by atoms with Crippen molar-refractivity contribution in [1.82, 2.24) is 5.32 Å². The smallest absolute Gasteiger partial charge is 0.223 e. The number of carbonyl (C=O) groups excluding carboxylic acids is 1. The zero-order chi connectivity index (χ0) is 21.0. The maximum absolute atomic E-state index is 14.8. The molecule has 0 radical (unpaired) electrons. The van der Waals surface area contributed by atoms with Crippen LogP contribution in [0.4, 0.5) is 10.1 Å². The van der Waals surface area contributed by atoms with E-state index in [-0.39, 0.29) is 18.9 Å². The van der Waals surface area contributed by atoms with Gasteiger partial charge in [0, 0.05) is 23.1 Å². The Kier molecular flexibility index (Phi) is 5.72. The summed E-state index contributed by atoms with van der Waals surface area (Å²) in [6, 6.07) is 24.5. The molecule has 0 bridgehead atoms. The van der Waals surface area contributed by atoms with Crippen LogP contribution in [0.2, 0.25) is 0 Å². The Morgan fingerprint density at radius 3 is 2.27 bits per heavy atom. The van der Waals surface area contributed by atoms with Crippen LogP contribution in [0.5, 0.6) is 0 Å². The molecule has 1 atom stereocenters. The Bertz CT molecular complexity index is 1030. The molecule has 3 aromatic carbocycles. The Hall–Kier alpha value is -3.31. The van der Waals surface area contributed by atoms with E-state index in [1.807, 2.05) is 60.7 Å². The highest BCUT2D eigenvalue weighted by Gasteiger charge is 2.34.